The minimum atomic E-state index is -3.62. The van der Waals surface area contributed by atoms with Gasteiger partial charge in [-0.2, -0.15) is 0 Å². The topological polar surface area (TPSA) is 99.2 Å². The first-order chi connectivity index (χ1) is 7.50. The summed E-state index contributed by atoms with van der Waals surface area (Å²) in [5, 5.41) is -0.000556. The summed E-state index contributed by atoms with van der Waals surface area (Å²) in [6.07, 6.45) is 2.05. The molecule has 1 atom stereocenters. The summed E-state index contributed by atoms with van der Waals surface area (Å²) in [5.41, 5.74) is 5.52. The first-order valence-electron chi connectivity index (χ1n) is 4.87. The summed E-state index contributed by atoms with van der Waals surface area (Å²) < 4.78 is 33.0. The van der Waals surface area contributed by atoms with Crippen LogP contribution in [0.3, 0.4) is 0 Å². The summed E-state index contributed by atoms with van der Waals surface area (Å²) in [5.74, 6) is 0.00825. The maximum Gasteiger partial charge on any atom is 0.260 e. The number of hydrogen-bond acceptors (Lipinski definition) is 5. The molecule has 0 aliphatic carbocycles. The molecule has 1 aromatic heterocycles. The van der Waals surface area contributed by atoms with Crippen LogP contribution in [0.15, 0.2) is 11.4 Å². The van der Waals surface area contributed by atoms with Gasteiger partial charge in [0.05, 0.1) is 12.9 Å². The SMILES string of the molecule is Cn1cnc(N)c1S(=O)(=O)NC1CCOC1. The number of aryl methyl sites for hydroxylation is 1. The fraction of sp³-hybridized carbons (Fsp3) is 0.625. The molecule has 0 amide bonds. The molecule has 1 saturated heterocycles. The number of hydrogen-bond donors (Lipinski definition) is 2. The quantitative estimate of drug-likeness (QED) is 0.717. The van der Waals surface area contributed by atoms with Gasteiger partial charge >= 0.3 is 0 Å². The van der Waals surface area contributed by atoms with Crippen LogP contribution in [0, 0.1) is 0 Å². The zero-order valence-corrected chi connectivity index (χ0v) is 9.70. The minimum Gasteiger partial charge on any atom is -0.381 e. The molecule has 8 heteroatoms. The molecular formula is C8H14N4O3S. The van der Waals surface area contributed by atoms with Gasteiger partial charge < -0.3 is 15.0 Å². The summed E-state index contributed by atoms with van der Waals surface area (Å²) >= 11 is 0. The van der Waals surface area contributed by atoms with Crippen molar-refractivity contribution in [3.63, 3.8) is 0 Å². The van der Waals surface area contributed by atoms with E-state index in [0.717, 1.165) is 0 Å². The Balaban J connectivity index is 2.25. The van der Waals surface area contributed by atoms with Crippen molar-refractivity contribution in [3.8, 4) is 0 Å². The number of aromatic nitrogens is 2. The summed E-state index contributed by atoms with van der Waals surface area (Å²) in [4.78, 5) is 3.75. The van der Waals surface area contributed by atoms with E-state index in [1.165, 1.54) is 10.9 Å². The van der Waals surface area contributed by atoms with Gasteiger partial charge in [-0.1, -0.05) is 0 Å². The number of ether oxygens (including phenoxy) is 1. The fourth-order valence-corrected chi connectivity index (χ4v) is 3.16. The van der Waals surface area contributed by atoms with E-state index in [2.05, 4.69) is 9.71 Å². The molecule has 16 heavy (non-hydrogen) atoms. The average Bonchev–Trinajstić information content (AvgIpc) is 2.76. The lowest BCUT2D eigenvalue weighted by Gasteiger charge is -2.11. The molecule has 1 aromatic rings. The van der Waals surface area contributed by atoms with E-state index in [1.807, 2.05) is 0 Å². The van der Waals surface area contributed by atoms with Crippen molar-refractivity contribution in [1.82, 2.24) is 14.3 Å². The van der Waals surface area contributed by atoms with Crippen LogP contribution in [0.2, 0.25) is 0 Å². The smallest absolute Gasteiger partial charge is 0.260 e. The minimum absolute atomic E-state index is 0.000556. The summed E-state index contributed by atoms with van der Waals surface area (Å²) in [6.45, 7) is 0.977. The Labute approximate surface area is 93.7 Å². The number of nitrogens with zero attached hydrogens (tertiary/aromatic N) is 2. The molecule has 7 nitrogen and oxygen atoms in total. The molecular weight excluding hydrogens is 232 g/mol. The molecule has 1 fully saturated rings. The van der Waals surface area contributed by atoms with Gasteiger partial charge in [0, 0.05) is 19.7 Å². The zero-order chi connectivity index (χ0) is 11.8. The van der Waals surface area contributed by atoms with Gasteiger partial charge in [0.15, 0.2) is 10.8 Å². The lowest BCUT2D eigenvalue weighted by atomic mass is 10.3. The van der Waals surface area contributed by atoms with Crippen LogP contribution in [0.1, 0.15) is 6.42 Å². The molecule has 0 spiro atoms. The predicted octanol–water partition coefficient (Wildman–Crippen LogP) is -0.930. The third-order valence-corrected chi connectivity index (χ3v) is 4.07. The van der Waals surface area contributed by atoms with Crippen LogP contribution in [-0.2, 0) is 21.8 Å². The molecule has 0 aromatic carbocycles. The molecule has 0 bridgehead atoms. The highest BCUT2D eigenvalue weighted by Gasteiger charge is 2.27. The number of rotatable bonds is 3. The van der Waals surface area contributed by atoms with Crippen molar-refractivity contribution in [2.45, 2.75) is 17.5 Å². The Hall–Kier alpha value is -1.12. The van der Waals surface area contributed by atoms with Crippen molar-refractivity contribution in [2.75, 3.05) is 18.9 Å². The highest BCUT2D eigenvalue weighted by Crippen LogP contribution is 2.17. The predicted molar refractivity (Wildman–Crippen MR) is 57.2 cm³/mol. The molecule has 2 rings (SSSR count). The number of sulfonamides is 1. The van der Waals surface area contributed by atoms with Crippen LogP contribution in [0.5, 0.6) is 0 Å². The highest BCUT2D eigenvalue weighted by atomic mass is 32.2. The maximum absolute atomic E-state index is 12.0. The van der Waals surface area contributed by atoms with Gasteiger partial charge in [-0.05, 0) is 6.42 Å². The van der Waals surface area contributed by atoms with Crippen LogP contribution < -0.4 is 10.5 Å². The van der Waals surface area contributed by atoms with Gasteiger partial charge in [0.1, 0.15) is 0 Å². The third kappa shape index (κ3) is 2.04. The molecule has 90 valence electrons. The Morgan fingerprint density at radius 1 is 1.69 bits per heavy atom. The summed E-state index contributed by atoms with van der Waals surface area (Å²) in [7, 11) is -2.03. The van der Waals surface area contributed by atoms with E-state index < -0.39 is 10.0 Å². The molecule has 1 aliphatic heterocycles. The summed E-state index contributed by atoms with van der Waals surface area (Å²) in [6, 6.07) is -0.181. The largest absolute Gasteiger partial charge is 0.381 e. The van der Waals surface area contributed by atoms with Gasteiger partial charge in [-0.3, -0.25) is 0 Å². The Morgan fingerprint density at radius 2 is 2.44 bits per heavy atom. The molecule has 0 saturated carbocycles. The van der Waals surface area contributed by atoms with Crippen LogP contribution in [0.4, 0.5) is 5.82 Å². The van der Waals surface area contributed by atoms with Crippen molar-refractivity contribution >= 4 is 15.8 Å². The molecule has 1 unspecified atom stereocenters. The third-order valence-electron chi connectivity index (χ3n) is 2.42. The normalized spacial score (nSPS) is 21.4. The zero-order valence-electron chi connectivity index (χ0n) is 8.88. The Morgan fingerprint density at radius 3 is 2.94 bits per heavy atom. The lowest BCUT2D eigenvalue weighted by molar-refractivity contribution is 0.192. The van der Waals surface area contributed by atoms with Crippen LogP contribution >= 0.6 is 0 Å². The maximum atomic E-state index is 12.0. The van der Waals surface area contributed by atoms with Gasteiger partial charge in [0.2, 0.25) is 0 Å². The first kappa shape index (κ1) is 11.4. The Kier molecular flexibility index (Phi) is 2.87. The molecule has 0 radical (unpaired) electrons. The van der Waals surface area contributed by atoms with Crippen LogP contribution in [-0.4, -0.2) is 37.2 Å². The average molecular weight is 246 g/mol. The van der Waals surface area contributed by atoms with E-state index in [9.17, 15) is 8.42 Å². The van der Waals surface area contributed by atoms with Crippen molar-refractivity contribution in [1.29, 1.82) is 0 Å². The van der Waals surface area contributed by atoms with Crippen molar-refractivity contribution in [2.24, 2.45) is 7.05 Å². The van der Waals surface area contributed by atoms with E-state index in [4.69, 9.17) is 10.5 Å². The Bertz CT molecular complexity index is 456. The number of nitrogens with one attached hydrogen (secondary N) is 1. The van der Waals surface area contributed by atoms with Crippen molar-refractivity contribution < 1.29 is 13.2 Å². The van der Waals surface area contributed by atoms with E-state index >= 15 is 0 Å². The van der Waals surface area contributed by atoms with Crippen LogP contribution in [0.25, 0.3) is 0 Å². The van der Waals surface area contributed by atoms with Gasteiger partial charge in [0.25, 0.3) is 10.0 Å². The number of nitrogens with two attached hydrogens (primary N) is 1. The number of imidazole rings is 1. The standard InChI is InChI=1S/C8H14N4O3S/c1-12-5-10-7(9)8(12)16(13,14)11-6-2-3-15-4-6/h5-6,11H,2-4,9H2,1H3. The molecule has 2 heterocycles. The van der Waals surface area contributed by atoms with Gasteiger partial charge in [-0.25, -0.2) is 18.1 Å². The fourth-order valence-electron chi connectivity index (χ4n) is 1.67. The molecule has 3 N–H and O–H groups in total. The molecule has 1 aliphatic rings. The second-order valence-electron chi connectivity index (χ2n) is 3.73. The van der Waals surface area contributed by atoms with Gasteiger partial charge in [-0.15, -0.1) is 0 Å². The van der Waals surface area contributed by atoms with Crippen molar-refractivity contribution in [3.05, 3.63) is 6.33 Å². The monoisotopic (exact) mass is 246 g/mol. The second kappa shape index (κ2) is 4.04. The van der Waals surface area contributed by atoms with E-state index in [-0.39, 0.29) is 16.9 Å². The number of nitrogen functional groups attached to an aromatic ring is 1. The van der Waals surface area contributed by atoms with E-state index in [0.29, 0.717) is 19.6 Å². The van der Waals surface area contributed by atoms with E-state index in [1.54, 1.807) is 7.05 Å². The highest BCUT2D eigenvalue weighted by molar-refractivity contribution is 7.89. The second-order valence-corrected chi connectivity index (χ2v) is 5.36. The lowest BCUT2D eigenvalue weighted by Crippen LogP contribution is -2.36. The number of anilines is 1. The first-order valence-corrected chi connectivity index (χ1v) is 6.36.